The van der Waals surface area contributed by atoms with Crippen molar-refractivity contribution in [3.63, 3.8) is 0 Å². The molecule has 2 nitrogen and oxygen atoms in total. The Kier molecular flexibility index (Phi) is 6.20. The third-order valence-corrected chi connectivity index (χ3v) is 3.34. The number of rotatable bonds is 8. The van der Waals surface area contributed by atoms with Crippen molar-refractivity contribution >= 4 is 0 Å². The van der Waals surface area contributed by atoms with E-state index in [1.54, 1.807) is 0 Å². The highest BCUT2D eigenvalue weighted by Gasteiger charge is 2.23. The third-order valence-electron chi connectivity index (χ3n) is 3.34. The summed E-state index contributed by atoms with van der Waals surface area (Å²) >= 11 is 0. The molecule has 0 heterocycles. The fourth-order valence-corrected chi connectivity index (χ4v) is 1.88. The zero-order chi connectivity index (χ0) is 13.4. The van der Waals surface area contributed by atoms with Gasteiger partial charge in [-0.05, 0) is 50.4 Å². The van der Waals surface area contributed by atoms with Gasteiger partial charge in [-0.3, -0.25) is 0 Å². The molecule has 1 aromatic carbocycles. The van der Waals surface area contributed by atoms with Crippen molar-refractivity contribution in [2.75, 3.05) is 13.1 Å². The summed E-state index contributed by atoms with van der Waals surface area (Å²) in [5.41, 5.74) is 1.20. The van der Waals surface area contributed by atoms with Crippen LogP contribution in [-0.2, 0) is 6.42 Å². The van der Waals surface area contributed by atoms with Crippen molar-refractivity contribution in [1.29, 1.82) is 0 Å². The highest BCUT2D eigenvalue weighted by atomic mass is 16.5. The molecule has 2 heteroatoms. The van der Waals surface area contributed by atoms with E-state index in [4.69, 9.17) is 4.74 Å². The fourth-order valence-electron chi connectivity index (χ4n) is 1.88. The molecule has 1 aromatic rings. The molecule has 1 N–H and O–H groups in total. The molecule has 1 atom stereocenters. The van der Waals surface area contributed by atoms with Crippen LogP contribution in [0.3, 0.4) is 0 Å². The Balaban J connectivity index is 2.65. The van der Waals surface area contributed by atoms with Gasteiger partial charge in [0.25, 0.3) is 0 Å². The second kappa shape index (κ2) is 7.42. The van der Waals surface area contributed by atoms with E-state index in [1.165, 1.54) is 5.56 Å². The highest BCUT2D eigenvalue weighted by molar-refractivity contribution is 5.29. The fraction of sp³-hybridized carbons (Fsp3) is 0.625. The number of hydrogen-bond donors (Lipinski definition) is 1. The van der Waals surface area contributed by atoms with E-state index in [1.807, 2.05) is 6.07 Å². The third kappa shape index (κ3) is 4.69. The van der Waals surface area contributed by atoms with E-state index in [2.05, 4.69) is 51.2 Å². The molecule has 0 fully saturated rings. The Morgan fingerprint density at radius 2 is 2.00 bits per heavy atom. The molecule has 0 radical (unpaired) electrons. The first-order chi connectivity index (χ1) is 8.63. The Morgan fingerprint density at radius 1 is 1.22 bits per heavy atom. The van der Waals surface area contributed by atoms with Crippen molar-refractivity contribution in [2.24, 2.45) is 0 Å². The Morgan fingerprint density at radius 3 is 2.61 bits per heavy atom. The van der Waals surface area contributed by atoms with E-state index < -0.39 is 0 Å². The average molecular weight is 249 g/mol. The van der Waals surface area contributed by atoms with Gasteiger partial charge < -0.3 is 10.1 Å². The topological polar surface area (TPSA) is 21.3 Å². The summed E-state index contributed by atoms with van der Waals surface area (Å²) in [5.74, 6) is 0.983. The molecule has 0 aliphatic carbocycles. The zero-order valence-corrected chi connectivity index (χ0v) is 12.3. The summed E-state index contributed by atoms with van der Waals surface area (Å²) in [6.45, 7) is 10.6. The van der Waals surface area contributed by atoms with Crippen molar-refractivity contribution in [2.45, 2.75) is 52.6 Å². The summed E-state index contributed by atoms with van der Waals surface area (Å²) in [6.07, 6.45) is 3.21. The van der Waals surface area contributed by atoms with Gasteiger partial charge in [0, 0.05) is 6.54 Å². The van der Waals surface area contributed by atoms with Crippen LogP contribution in [-0.4, -0.2) is 18.7 Å². The molecule has 0 bridgehead atoms. The minimum Gasteiger partial charge on any atom is -0.486 e. The summed E-state index contributed by atoms with van der Waals surface area (Å²) in [6, 6.07) is 8.41. The molecule has 0 aliphatic rings. The van der Waals surface area contributed by atoms with Gasteiger partial charge in [-0.2, -0.15) is 0 Å². The van der Waals surface area contributed by atoms with Gasteiger partial charge in [0.1, 0.15) is 11.4 Å². The van der Waals surface area contributed by atoms with Crippen LogP contribution in [0.25, 0.3) is 0 Å². The summed E-state index contributed by atoms with van der Waals surface area (Å²) < 4.78 is 6.18. The number of ether oxygens (including phenoxy) is 1. The molecule has 0 aromatic heterocycles. The number of aryl methyl sites for hydroxylation is 1. The predicted molar refractivity (Wildman–Crippen MR) is 78.3 cm³/mol. The molecular formula is C16H27NO. The lowest BCUT2D eigenvalue weighted by Gasteiger charge is -2.30. The Labute approximate surface area is 112 Å². The number of benzene rings is 1. The van der Waals surface area contributed by atoms with Crippen molar-refractivity contribution in [1.82, 2.24) is 5.32 Å². The molecule has 1 rings (SSSR count). The molecule has 18 heavy (non-hydrogen) atoms. The largest absolute Gasteiger partial charge is 0.486 e. The lowest BCUT2D eigenvalue weighted by Crippen LogP contribution is -2.42. The first kappa shape index (κ1) is 15.0. The zero-order valence-electron chi connectivity index (χ0n) is 12.3. The maximum Gasteiger partial charge on any atom is 0.120 e. The van der Waals surface area contributed by atoms with E-state index in [9.17, 15) is 0 Å². The molecule has 0 saturated heterocycles. The predicted octanol–water partition coefficient (Wildman–Crippen LogP) is 3.80. The highest BCUT2D eigenvalue weighted by Crippen LogP contribution is 2.22. The minimum atomic E-state index is -0.123. The second-order valence-electron chi connectivity index (χ2n) is 5.08. The molecule has 0 aliphatic heterocycles. The monoisotopic (exact) mass is 249 g/mol. The van der Waals surface area contributed by atoms with E-state index in [0.29, 0.717) is 0 Å². The SMILES string of the molecule is CCCNCC(C)(CC)Oc1cccc(CC)c1. The molecule has 102 valence electrons. The summed E-state index contributed by atoms with van der Waals surface area (Å²) in [7, 11) is 0. The average Bonchev–Trinajstić information content (AvgIpc) is 2.39. The molecule has 0 saturated carbocycles. The minimum absolute atomic E-state index is 0.123. The lowest BCUT2D eigenvalue weighted by atomic mass is 10.0. The lowest BCUT2D eigenvalue weighted by molar-refractivity contribution is 0.0837. The van der Waals surface area contributed by atoms with Gasteiger partial charge in [0.2, 0.25) is 0 Å². The van der Waals surface area contributed by atoms with Crippen LogP contribution in [0.15, 0.2) is 24.3 Å². The van der Waals surface area contributed by atoms with E-state index in [-0.39, 0.29) is 5.60 Å². The first-order valence-corrected chi connectivity index (χ1v) is 7.12. The van der Waals surface area contributed by atoms with E-state index >= 15 is 0 Å². The maximum atomic E-state index is 6.18. The standard InChI is InChI=1S/C16H27NO/c1-5-11-17-13-16(4,7-3)18-15-10-8-9-14(6-2)12-15/h8-10,12,17H,5-7,11,13H2,1-4H3. The molecule has 0 amide bonds. The summed E-state index contributed by atoms with van der Waals surface area (Å²) in [5, 5.41) is 3.45. The van der Waals surface area contributed by atoms with Crippen molar-refractivity contribution < 1.29 is 4.74 Å². The smallest absolute Gasteiger partial charge is 0.120 e. The van der Waals surface area contributed by atoms with Crippen LogP contribution in [0.4, 0.5) is 0 Å². The van der Waals surface area contributed by atoms with Gasteiger partial charge >= 0.3 is 0 Å². The second-order valence-corrected chi connectivity index (χ2v) is 5.08. The normalized spacial score (nSPS) is 14.2. The first-order valence-electron chi connectivity index (χ1n) is 7.12. The van der Waals surface area contributed by atoms with Crippen molar-refractivity contribution in [3.05, 3.63) is 29.8 Å². The maximum absolute atomic E-state index is 6.18. The van der Waals surface area contributed by atoms with Crippen molar-refractivity contribution in [3.8, 4) is 5.75 Å². The van der Waals surface area contributed by atoms with Gasteiger partial charge in [0.05, 0.1) is 0 Å². The van der Waals surface area contributed by atoms with Gasteiger partial charge in [-0.15, -0.1) is 0 Å². The molecule has 1 unspecified atom stereocenters. The summed E-state index contributed by atoms with van der Waals surface area (Å²) in [4.78, 5) is 0. The number of hydrogen-bond acceptors (Lipinski definition) is 2. The Bertz CT molecular complexity index is 351. The Hall–Kier alpha value is -1.02. The van der Waals surface area contributed by atoms with Gasteiger partial charge in [0.15, 0.2) is 0 Å². The van der Waals surface area contributed by atoms with Gasteiger partial charge in [-0.1, -0.05) is 32.9 Å². The van der Waals surface area contributed by atoms with Crippen LogP contribution in [0, 0.1) is 0 Å². The van der Waals surface area contributed by atoms with Crippen LogP contribution < -0.4 is 10.1 Å². The molecular weight excluding hydrogens is 222 g/mol. The quantitative estimate of drug-likeness (QED) is 0.708. The van der Waals surface area contributed by atoms with E-state index in [0.717, 1.165) is 38.1 Å². The van der Waals surface area contributed by atoms with Crippen LogP contribution >= 0.6 is 0 Å². The van der Waals surface area contributed by atoms with Gasteiger partial charge in [-0.25, -0.2) is 0 Å². The van der Waals surface area contributed by atoms with Crippen LogP contribution in [0.2, 0.25) is 0 Å². The number of nitrogens with one attached hydrogen (secondary N) is 1. The molecule has 0 spiro atoms. The van der Waals surface area contributed by atoms with Crippen LogP contribution in [0.5, 0.6) is 5.75 Å². The van der Waals surface area contributed by atoms with Crippen LogP contribution in [0.1, 0.15) is 46.1 Å².